The Morgan fingerprint density at radius 1 is 1.06 bits per heavy atom. The van der Waals surface area contributed by atoms with Crippen molar-refractivity contribution >= 4 is 17.8 Å². The van der Waals surface area contributed by atoms with Crippen LogP contribution in [0.5, 0.6) is 0 Å². The first-order valence-corrected chi connectivity index (χ1v) is 9.96. The molecule has 2 aromatic carbocycles. The first kappa shape index (κ1) is 22.4. The summed E-state index contributed by atoms with van der Waals surface area (Å²) in [4.78, 5) is 39.9. The molecule has 0 aliphatic carbocycles. The average molecular weight is 430 g/mol. The van der Waals surface area contributed by atoms with Crippen molar-refractivity contribution in [3.8, 4) is 0 Å². The fraction of sp³-hybridized carbons (Fsp3) is 0.348. The van der Waals surface area contributed by atoms with Gasteiger partial charge in [-0.05, 0) is 42.7 Å². The standard InChI is InChI=1S/C23H24F2N2O4/c1-26(14-15-3-5-17(6-4-15)23(30)31-2)21(28)16-9-11-27(12-10-16)22(29)19-8-7-18(24)13-20(19)25/h3-8,13,16H,9-12,14H2,1-2H3. The number of ether oxygens (including phenoxy) is 1. The number of carbonyl (C=O) groups excluding carboxylic acids is 3. The van der Waals surface area contributed by atoms with Crippen molar-refractivity contribution in [2.75, 3.05) is 27.2 Å². The van der Waals surface area contributed by atoms with Crippen molar-refractivity contribution < 1.29 is 27.9 Å². The molecule has 6 nitrogen and oxygen atoms in total. The van der Waals surface area contributed by atoms with Crippen LogP contribution in [0, 0.1) is 17.6 Å². The van der Waals surface area contributed by atoms with Gasteiger partial charge in [-0.1, -0.05) is 12.1 Å². The summed E-state index contributed by atoms with van der Waals surface area (Å²) in [6, 6.07) is 9.73. The zero-order chi connectivity index (χ0) is 22.5. The number of amides is 2. The molecule has 0 atom stereocenters. The summed E-state index contributed by atoms with van der Waals surface area (Å²) in [6.45, 7) is 1.04. The molecular formula is C23H24F2N2O4. The highest BCUT2D eigenvalue weighted by Crippen LogP contribution is 2.23. The molecule has 1 fully saturated rings. The molecular weight excluding hydrogens is 406 g/mol. The minimum Gasteiger partial charge on any atom is -0.465 e. The topological polar surface area (TPSA) is 66.9 Å². The number of carbonyl (C=O) groups is 3. The first-order chi connectivity index (χ1) is 14.8. The van der Waals surface area contributed by atoms with Gasteiger partial charge in [0.2, 0.25) is 5.91 Å². The molecule has 31 heavy (non-hydrogen) atoms. The van der Waals surface area contributed by atoms with Gasteiger partial charge in [0.15, 0.2) is 0 Å². The van der Waals surface area contributed by atoms with E-state index in [9.17, 15) is 23.2 Å². The van der Waals surface area contributed by atoms with Crippen LogP contribution in [0.3, 0.4) is 0 Å². The van der Waals surface area contributed by atoms with Crippen LogP contribution >= 0.6 is 0 Å². The molecule has 2 aromatic rings. The molecule has 0 radical (unpaired) electrons. The Hall–Kier alpha value is -3.29. The van der Waals surface area contributed by atoms with E-state index in [0.717, 1.165) is 17.7 Å². The van der Waals surface area contributed by atoms with Gasteiger partial charge in [-0.3, -0.25) is 9.59 Å². The normalized spacial score (nSPS) is 14.3. The van der Waals surface area contributed by atoms with Crippen LogP contribution in [-0.2, 0) is 16.1 Å². The van der Waals surface area contributed by atoms with Crippen molar-refractivity contribution in [2.45, 2.75) is 19.4 Å². The van der Waals surface area contributed by atoms with Gasteiger partial charge in [-0.25, -0.2) is 13.6 Å². The van der Waals surface area contributed by atoms with Gasteiger partial charge in [0, 0.05) is 38.7 Å². The molecule has 3 rings (SSSR count). The fourth-order valence-corrected chi connectivity index (χ4v) is 3.69. The lowest BCUT2D eigenvalue weighted by molar-refractivity contribution is -0.136. The summed E-state index contributed by atoms with van der Waals surface area (Å²) < 4.78 is 31.6. The Kier molecular flexibility index (Phi) is 6.99. The van der Waals surface area contributed by atoms with Crippen LogP contribution in [0.25, 0.3) is 0 Å². The Labute approximate surface area is 179 Å². The largest absolute Gasteiger partial charge is 0.465 e. The number of benzene rings is 2. The first-order valence-electron chi connectivity index (χ1n) is 9.96. The van der Waals surface area contributed by atoms with Crippen molar-refractivity contribution in [1.29, 1.82) is 0 Å². The van der Waals surface area contributed by atoms with E-state index >= 15 is 0 Å². The minimum absolute atomic E-state index is 0.0305. The molecule has 8 heteroatoms. The average Bonchev–Trinajstić information content (AvgIpc) is 2.78. The molecule has 1 saturated heterocycles. The van der Waals surface area contributed by atoms with E-state index in [0.29, 0.717) is 44.1 Å². The SMILES string of the molecule is COC(=O)c1ccc(CN(C)C(=O)C2CCN(C(=O)c3ccc(F)cc3F)CC2)cc1. The van der Waals surface area contributed by atoms with Crippen LogP contribution < -0.4 is 0 Å². The Morgan fingerprint density at radius 2 is 1.71 bits per heavy atom. The van der Waals surface area contributed by atoms with Crippen molar-refractivity contribution in [3.63, 3.8) is 0 Å². The Bertz CT molecular complexity index is 970. The van der Waals surface area contributed by atoms with Crippen molar-refractivity contribution in [3.05, 3.63) is 70.8 Å². The molecule has 0 spiro atoms. The van der Waals surface area contributed by atoms with Crippen LogP contribution in [0.1, 0.15) is 39.1 Å². The van der Waals surface area contributed by atoms with Crippen LogP contribution in [0.4, 0.5) is 8.78 Å². The molecule has 1 aliphatic rings. The van der Waals surface area contributed by atoms with Crippen LogP contribution in [-0.4, -0.2) is 54.8 Å². The third-order valence-corrected chi connectivity index (χ3v) is 5.46. The number of esters is 1. The van der Waals surface area contributed by atoms with Gasteiger partial charge in [0.1, 0.15) is 11.6 Å². The summed E-state index contributed by atoms with van der Waals surface area (Å²) in [5.74, 6) is -2.80. The highest BCUT2D eigenvalue weighted by Gasteiger charge is 2.30. The number of piperidine rings is 1. The molecule has 0 aromatic heterocycles. The molecule has 2 amide bonds. The monoisotopic (exact) mass is 430 g/mol. The summed E-state index contributed by atoms with van der Waals surface area (Å²) in [5.41, 5.74) is 1.15. The van der Waals surface area contributed by atoms with E-state index in [1.165, 1.54) is 12.0 Å². The number of methoxy groups -OCH3 is 1. The molecule has 1 aliphatic heterocycles. The van der Waals surface area contributed by atoms with Gasteiger partial charge >= 0.3 is 5.97 Å². The van der Waals surface area contributed by atoms with Gasteiger partial charge in [0.05, 0.1) is 18.2 Å². The number of rotatable bonds is 5. The number of hydrogen-bond donors (Lipinski definition) is 0. The molecule has 0 unspecified atom stereocenters. The third kappa shape index (κ3) is 5.25. The predicted molar refractivity (Wildman–Crippen MR) is 109 cm³/mol. The molecule has 1 heterocycles. The van der Waals surface area contributed by atoms with Crippen LogP contribution in [0.2, 0.25) is 0 Å². The second-order valence-corrected chi connectivity index (χ2v) is 7.57. The van der Waals surface area contributed by atoms with Crippen LogP contribution in [0.15, 0.2) is 42.5 Å². The van der Waals surface area contributed by atoms with E-state index in [1.54, 1.807) is 36.2 Å². The van der Waals surface area contributed by atoms with E-state index in [4.69, 9.17) is 0 Å². The maximum atomic E-state index is 13.9. The van der Waals surface area contributed by atoms with Gasteiger partial charge in [-0.2, -0.15) is 0 Å². The van der Waals surface area contributed by atoms with E-state index in [1.807, 2.05) is 0 Å². The quantitative estimate of drug-likeness (QED) is 0.683. The van der Waals surface area contributed by atoms with Crippen molar-refractivity contribution in [1.82, 2.24) is 9.80 Å². The zero-order valence-corrected chi connectivity index (χ0v) is 17.4. The third-order valence-electron chi connectivity index (χ3n) is 5.46. The van der Waals surface area contributed by atoms with E-state index in [2.05, 4.69) is 4.74 Å². The molecule has 0 saturated carbocycles. The smallest absolute Gasteiger partial charge is 0.337 e. The highest BCUT2D eigenvalue weighted by atomic mass is 19.1. The molecule has 164 valence electrons. The maximum Gasteiger partial charge on any atom is 0.337 e. The number of halogens is 2. The highest BCUT2D eigenvalue weighted by molar-refractivity contribution is 5.94. The zero-order valence-electron chi connectivity index (χ0n) is 17.4. The maximum absolute atomic E-state index is 13.9. The summed E-state index contributed by atoms with van der Waals surface area (Å²) in [6.07, 6.45) is 0.942. The predicted octanol–water partition coefficient (Wildman–Crippen LogP) is 3.26. The Balaban J connectivity index is 1.54. The lowest BCUT2D eigenvalue weighted by Crippen LogP contribution is -2.43. The number of nitrogens with zero attached hydrogens (tertiary/aromatic N) is 2. The van der Waals surface area contributed by atoms with E-state index in [-0.39, 0.29) is 17.4 Å². The minimum atomic E-state index is -0.888. The molecule has 0 bridgehead atoms. The second kappa shape index (κ2) is 9.68. The summed E-state index contributed by atoms with van der Waals surface area (Å²) >= 11 is 0. The van der Waals surface area contributed by atoms with Crippen molar-refractivity contribution in [2.24, 2.45) is 5.92 Å². The number of likely N-dealkylation sites (tertiary alicyclic amines) is 1. The number of hydrogen-bond acceptors (Lipinski definition) is 4. The van der Waals surface area contributed by atoms with E-state index < -0.39 is 23.5 Å². The van der Waals surface area contributed by atoms with Gasteiger partial charge in [0.25, 0.3) is 5.91 Å². The van der Waals surface area contributed by atoms with Gasteiger partial charge < -0.3 is 14.5 Å². The van der Waals surface area contributed by atoms with Gasteiger partial charge in [-0.15, -0.1) is 0 Å². The molecule has 0 N–H and O–H groups in total. The Morgan fingerprint density at radius 3 is 2.29 bits per heavy atom. The lowest BCUT2D eigenvalue weighted by atomic mass is 9.94. The summed E-state index contributed by atoms with van der Waals surface area (Å²) in [5, 5.41) is 0. The fourth-order valence-electron chi connectivity index (χ4n) is 3.69. The summed E-state index contributed by atoms with van der Waals surface area (Å²) in [7, 11) is 3.03. The second-order valence-electron chi connectivity index (χ2n) is 7.57. The lowest BCUT2D eigenvalue weighted by Gasteiger charge is -2.33.